The van der Waals surface area contributed by atoms with E-state index in [1.807, 2.05) is 0 Å². The number of piperidine rings is 1. The van der Waals surface area contributed by atoms with Crippen molar-refractivity contribution in [1.29, 1.82) is 0 Å². The third-order valence-corrected chi connectivity index (χ3v) is 3.49. The Balaban J connectivity index is 1.93. The van der Waals surface area contributed by atoms with E-state index in [-0.39, 0.29) is 17.6 Å². The monoisotopic (exact) mass is 251 g/mol. The molecule has 1 aliphatic heterocycles. The molecule has 1 aromatic rings. The fraction of sp³-hybridized carbons (Fsp3) is 0.462. The van der Waals surface area contributed by atoms with Crippen molar-refractivity contribution >= 4 is 11.6 Å². The number of anilines is 1. The Hall–Kier alpha value is -1.62. The van der Waals surface area contributed by atoms with Gasteiger partial charge < -0.3 is 11.5 Å². The molecule has 2 rings (SSSR count). The first-order valence-electron chi connectivity index (χ1n) is 6.12. The molecular formula is C13H18FN3O. The Morgan fingerprint density at radius 2 is 2.06 bits per heavy atom. The lowest BCUT2D eigenvalue weighted by Gasteiger charge is -2.30. The molecule has 4 nitrogen and oxygen atoms in total. The Labute approximate surface area is 106 Å². The second-order valence-corrected chi connectivity index (χ2v) is 4.80. The Bertz CT molecular complexity index is 442. The fourth-order valence-corrected chi connectivity index (χ4v) is 2.33. The first-order valence-corrected chi connectivity index (χ1v) is 6.12. The molecule has 0 radical (unpaired) electrons. The molecule has 4 N–H and O–H groups in total. The molecule has 0 atom stereocenters. The topological polar surface area (TPSA) is 72.4 Å². The van der Waals surface area contributed by atoms with Gasteiger partial charge in [0.15, 0.2) is 0 Å². The number of nitrogens with zero attached hydrogens (tertiary/aromatic N) is 1. The van der Waals surface area contributed by atoms with E-state index in [4.69, 9.17) is 11.5 Å². The van der Waals surface area contributed by atoms with Gasteiger partial charge in [-0.2, -0.15) is 0 Å². The lowest BCUT2D eigenvalue weighted by molar-refractivity contribution is -0.123. The van der Waals surface area contributed by atoms with Crippen LogP contribution in [0.3, 0.4) is 0 Å². The maximum atomic E-state index is 12.9. The summed E-state index contributed by atoms with van der Waals surface area (Å²) in [5.74, 6) is -0.536. The van der Waals surface area contributed by atoms with Gasteiger partial charge in [0.1, 0.15) is 5.82 Å². The second kappa shape index (κ2) is 5.35. The molecule has 1 aliphatic rings. The molecule has 1 fully saturated rings. The van der Waals surface area contributed by atoms with E-state index >= 15 is 0 Å². The maximum absolute atomic E-state index is 12.9. The highest BCUT2D eigenvalue weighted by Gasteiger charge is 2.23. The van der Waals surface area contributed by atoms with Crippen LogP contribution in [-0.2, 0) is 11.3 Å². The predicted molar refractivity (Wildman–Crippen MR) is 68.0 cm³/mol. The summed E-state index contributed by atoms with van der Waals surface area (Å²) < 4.78 is 12.9. The first kappa shape index (κ1) is 12.8. The lowest BCUT2D eigenvalue weighted by Crippen LogP contribution is -2.38. The van der Waals surface area contributed by atoms with Crippen LogP contribution in [0.4, 0.5) is 10.1 Å². The van der Waals surface area contributed by atoms with Crippen LogP contribution < -0.4 is 11.5 Å². The Kier molecular flexibility index (Phi) is 3.81. The van der Waals surface area contributed by atoms with Gasteiger partial charge in [-0.1, -0.05) is 6.07 Å². The normalized spacial score (nSPS) is 17.8. The highest BCUT2D eigenvalue weighted by Crippen LogP contribution is 2.21. The third-order valence-electron chi connectivity index (χ3n) is 3.49. The number of likely N-dealkylation sites (tertiary alicyclic amines) is 1. The minimum atomic E-state index is -0.316. The van der Waals surface area contributed by atoms with Gasteiger partial charge in [0.05, 0.1) is 0 Å². The number of nitrogens with two attached hydrogens (primary N) is 2. The summed E-state index contributed by atoms with van der Waals surface area (Å²) in [5.41, 5.74) is 12.5. The molecule has 0 aliphatic carbocycles. The summed E-state index contributed by atoms with van der Waals surface area (Å²) in [6.07, 6.45) is 1.58. The van der Waals surface area contributed by atoms with E-state index in [1.54, 1.807) is 6.07 Å². The summed E-state index contributed by atoms with van der Waals surface area (Å²) in [6, 6.07) is 4.47. The van der Waals surface area contributed by atoms with Gasteiger partial charge in [-0.05, 0) is 43.6 Å². The molecular weight excluding hydrogens is 233 g/mol. The minimum absolute atomic E-state index is 0.00758. The fourth-order valence-electron chi connectivity index (χ4n) is 2.33. The van der Waals surface area contributed by atoms with Crippen LogP contribution in [0.5, 0.6) is 0 Å². The molecule has 5 heteroatoms. The van der Waals surface area contributed by atoms with Crippen molar-refractivity contribution in [2.24, 2.45) is 11.7 Å². The quantitative estimate of drug-likeness (QED) is 0.790. The van der Waals surface area contributed by atoms with Crippen molar-refractivity contribution in [2.75, 3.05) is 18.8 Å². The van der Waals surface area contributed by atoms with Crippen molar-refractivity contribution in [3.63, 3.8) is 0 Å². The van der Waals surface area contributed by atoms with E-state index in [2.05, 4.69) is 4.90 Å². The van der Waals surface area contributed by atoms with Crippen molar-refractivity contribution < 1.29 is 9.18 Å². The van der Waals surface area contributed by atoms with Crippen LogP contribution in [-0.4, -0.2) is 23.9 Å². The average Bonchev–Trinajstić information content (AvgIpc) is 2.33. The molecule has 98 valence electrons. The third kappa shape index (κ3) is 2.98. The van der Waals surface area contributed by atoms with Crippen molar-refractivity contribution in [1.82, 2.24) is 4.90 Å². The number of benzene rings is 1. The van der Waals surface area contributed by atoms with E-state index in [1.165, 1.54) is 12.1 Å². The Morgan fingerprint density at radius 3 is 2.61 bits per heavy atom. The molecule has 0 bridgehead atoms. The molecule has 0 aromatic heterocycles. The highest BCUT2D eigenvalue weighted by molar-refractivity contribution is 5.76. The molecule has 1 heterocycles. The van der Waals surface area contributed by atoms with E-state index in [9.17, 15) is 9.18 Å². The average molecular weight is 251 g/mol. The van der Waals surface area contributed by atoms with Gasteiger partial charge >= 0.3 is 0 Å². The Morgan fingerprint density at radius 1 is 1.39 bits per heavy atom. The summed E-state index contributed by atoms with van der Waals surface area (Å²) in [6.45, 7) is 2.34. The van der Waals surface area contributed by atoms with E-state index in [0.717, 1.165) is 31.5 Å². The van der Waals surface area contributed by atoms with Crippen LogP contribution in [0.15, 0.2) is 18.2 Å². The molecule has 1 amide bonds. The van der Waals surface area contributed by atoms with Crippen LogP contribution in [0, 0.1) is 11.7 Å². The van der Waals surface area contributed by atoms with Gasteiger partial charge in [0, 0.05) is 18.2 Å². The zero-order valence-electron chi connectivity index (χ0n) is 10.2. The summed E-state index contributed by atoms with van der Waals surface area (Å²) in [4.78, 5) is 13.3. The molecule has 1 saturated heterocycles. The van der Waals surface area contributed by atoms with Gasteiger partial charge in [0.25, 0.3) is 0 Å². The van der Waals surface area contributed by atoms with Crippen molar-refractivity contribution in [3.8, 4) is 0 Å². The smallest absolute Gasteiger partial charge is 0.220 e. The predicted octanol–water partition coefficient (Wildman–Crippen LogP) is 1.11. The molecule has 0 spiro atoms. The summed E-state index contributed by atoms with van der Waals surface area (Å²) >= 11 is 0. The second-order valence-electron chi connectivity index (χ2n) is 4.80. The van der Waals surface area contributed by atoms with Crippen LogP contribution in [0.1, 0.15) is 18.4 Å². The van der Waals surface area contributed by atoms with Gasteiger partial charge in [0.2, 0.25) is 5.91 Å². The van der Waals surface area contributed by atoms with Crippen LogP contribution >= 0.6 is 0 Å². The number of carbonyl (C=O) groups is 1. The van der Waals surface area contributed by atoms with Gasteiger partial charge in [-0.15, -0.1) is 0 Å². The van der Waals surface area contributed by atoms with Crippen LogP contribution in [0.25, 0.3) is 0 Å². The first-order chi connectivity index (χ1) is 8.56. The number of hydrogen-bond donors (Lipinski definition) is 2. The number of halogens is 1. The van der Waals surface area contributed by atoms with Crippen molar-refractivity contribution in [2.45, 2.75) is 19.4 Å². The maximum Gasteiger partial charge on any atom is 0.220 e. The number of primary amides is 1. The zero-order chi connectivity index (χ0) is 13.1. The summed E-state index contributed by atoms with van der Waals surface area (Å²) in [5, 5.41) is 0. The molecule has 1 aromatic carbocycles. The number of rotatable bonds is 3. The highest BCUT2D eigenvalue weighted by atomic mass is 19.1. The van der Waals surface area contributed by atoms with E-state index in [0.29, 0.717) is 12.2 Å². The van der Waals surface area contributed by atoms with Gasteiger partial charge in [-0.25, -0.2) is 4.39 Å². The largest absolute Gasteiger partial charge is 0.398 e. The number of amides is 1. The lowest BCUT2D eigenvalue weighted by atomic mass is 9.96. The standard InChI is InChI=1S/C13H18FN3O/c14-11-2-1-10(12(15)7-11)8-17-5-3-9(4-6-17)13(16)18/h1-2,7,9H,3-6,8,15H2,(H2,16,18). The molecule has 0 unspecified atom stereocenters. The molecule has 18 heavy (non-hydrogen) atoms. The van der Waals surface area contributed by atoms with E-state index < -0.39 is 0 Å². The zero-order valence-corrected chi connectivity index (χ0v) is 10.2. The number of carbonyl (C=O) groups excluding carboxylic acids is 1. The SMILES string of the molecule is NC(=O)C1CCN(Cc2ccc(F)cc2N)CC1. The number of hydrogen-bond acceptors (Lipinski definition) is 3. The van der Waals surface area contributed by atoms with Gasteiger partial charge in [-0.3, -0.25) is 9.69 Å². The van der Waals surface area contributed by atoms with Crippen molar-refractivity contribution in [3.05, 3.63) is 29.6 Å². The number of nitrogen functional groups attached to an aromatic ring is 1. The summed E-state index contributed by atoms with van der Waals surface area (Å²) in [7, 11) is 0. The van der Waals surface area contributed by atoms with Crippen LogP contribution in [0.2, 0.25) is 0 Å². The minimum Gasteiger partial charge on any atom is -0.398 e. The molecule has 0 saturated carbocycles.